The number of nitrogens with zero attached hydrogens (tertiary/aromatic N) is 2. The van der Waals surface area contributed by atoms with Crippen LogP contribution in [0.3, 0.4) is 0 Å². The SMILES string of the molecule is CCOC(=O)c1ccc(N2C(=O)C3Sc4c(sc(=O)n4CC(=O)Nc4ccccc4)[C@@H](c4ccc(O)c(OC)c4)C3C2=O)cc1. The van der Waals surface area contributed by atoms with Gasteiger partial charge >= 0.3 is 10.8 Å². The molecule has 3 amide bonds. The van der Waals surface area contributed by atoms with Crippen LogP contribution in [0.2, 0.25) is 0 Å². The lowest BCUT2D eigenvalue weighted by atomic mass is 9.83. The number of imide groups is 1. The maximum Gasteiger partial charge on any atom is 0.338 e. The average Bonchev–Trinajstić information content (AvgIpc) is 3.48. The highest BCUT2D eigenvalue weighted by Crippen LogP contribution is 2.54. The van der Waals surface area contributed by atoms with Crippen molar-refractivity contribution in [1.29, 1.82) is 0 Å². The molecule has 0 radical (unpaired) electrons. The Morgan fingerprint density at radius 3 is 2.40 bits per heavy atom. The Morgan fingerprint density at radius 1 is 0.978 bits per heavy atom. The molecule has 0 saturated carbocycles. The summed E-state index contributed by atoms with van der Waals surface area (Å²) in [7, 11) is 1.40. The summed E-state index contributed by atoms with van der Waals surface area (Å²) in [6.45, 7) is 1.61. The number of fused-ring (bicyclic) bond motifs is 2. The Morgan fingerprint density at radius 2 is 1.71 bits per heavy atom. The van der Waals surface area contributed by atoms with Crippen molar-refractivity contribution < 1.29 is 33.8 Å². The fraction of sp³-hybridized carbons (Fsp3) is 0.219. The van der Waals surface area contributed by atoms with E-state index in [1.807, 2.05) is 6.07 Å². The van der Waals surface area contributed by atoms with Crippen LogP contribution >= 0.6 is 23.1 Å². The number of thioether (sulfide) groups is 1. The fourth-order valence-electron chi connectivity index (χ4n) is 5.58. The lowest BCUT2D eigenvalue weighted by molar-refractivity contribution is -0.122. The van der Waals surface area contributed by atoms with E-state index in [-0.39, 0.29) is 35.9 Å². The summed E-state index contributed by atoms with van der Waals surface area (Å²) < 4.78 is 11.7. The Kier molecular flexibility index (Phi) is 8.21. The molecular formula is C32H27N3O8S2. The zero-order chi connectivity index (χ0) is 31.8. The number of carbonyl (C=O) groups excluding carboxylic acids is 4. The monoisotopic (exact) mass is 645 g/mol. The second kappa shape index (κ2) is 12.3. The first kappa shape index (κ1) is 30.2. The van der Waals surface area contributed by atoms with Gasteiger partial charge in [0.25, 0.3) is 0 Å². The Labute approximate surface area is 265 Å². The van der Waals surface area contributed by atoms with E-state index >= 15 is 0 Å². The van der Waals surface area contributed by atoms with Gasteiger partial charge in [0, 0.05) is 16.5 Å². The third-order valence-electron chi connectivity index (χ3n) is 7.61. The van der Waals surface area contributed by atoms with Crippen molar-refractivity contribution in [3.63, 3.8) is 0 Å². The van der Waals surface area contributed by atoms with Crippen molar-refractivity contribution in [2.75, 3.05) is 23.9 Å². The van der Waals surface area contributed by atoms with Crippen molar-refractivity contribution in [1.82, 2.24) is 4.57 Å². The van der Waals surface area contributed by atoms with Gasteiger partial charge in [0.05, 0.1) is 35.9 Å². The third-order valence-corrected chi connectivity index (χ3v) is 10.2. The highest BCUT2D eigenvalue weighted by atomic mass is 32.2. The van der Waals surface area contributed by atoms with Crippen molar-refractivity contribution in [3.8, 4) is 11.5 Å². The van der Waals surface area contributed by atoms with Crippen LogP contribution in [0.25, 0.3) is 0 Å². The molecule has 6 rings (SSSR count). The van der Waals surface area contributed by atoms with Gasteiger partial charge < -0.3 is 19.9 Å². The van der Waals surface area contributed by atoms with Crippen LogP contribution in [0, 0.1) is 5.92 Å². The van der Waals surface area contributed by atoms with Crippen LogP contribution < -0.4 is 19.8 Å². The van der Waals surface area contributed by atoms with Crippen LogP contribution in [-0.4, -0.2) is 52.3 Å². The normalized spacial score (nSPS) is 18.7. The molecule has 3 heterocycles. The number of phenolic OH excluding ortho intramolecular Hbond substituents is 1. The summed E-state index contributed by atoms with van der Waals surface area (Å²) in [5.41, 5.74) is 1.70. The number of nitrogens with one attached hydrogen (secondary N) is 1. The standard InChI is InChI=1S/C32H27N3O8S2/c1-3-43-31(40)17-9-12-20(13-10-17)35-28(38)25-24(18-11-14-21(36)22(15-18)42-2)27-30(44-26(25)29(35)39)34(32(41)45-27)16-23(37)33-19-7-5-4-6-8-19/h4-15,24-26,36H,3,16H2,1-2H3,(H,33,37)/t24-,25?,26?/m0/s1. The highest BCUT2D eigenvalue weighted by molar-refractivity contribution is 8.00. The van der Waals surface area contributed by atoms with Gasteiger partial charge in [-0.1, -0.05) is 47.4 Å². The predicted molar refractivity (Wildman–Crippen MR) is 168 cm³/mol. The smallest absolute Gasteiger partial charge is 0.338 e. The molecule has 0 bridgehead atoms. The summed E-state index contributed by atoms with van der Waals surface area (Å²) in [6, 6.07) is 19.5. The number of amides is 3. The Hall–Kier alpha value is -4.88. The lowest BCUT2D eigenvalue weighted by Crippen LogP contribution is -2.33. The summed E-state index contributed by atoms with van der Waals surface area (Å²) in [5.74, 6) is -3.50. The minimum absolute atomic E-state index is 0.108. The number of esters is 1. The number of hydrogen-bond acceptors (Lipinski definition) is 10. The largest absolute Gasteiger partial charge is 0.504 e. The van der Waals surface area contributed by atoms with Crippen LogP contribution in [0.5, 0.6) is 11.5 Å². The number of thiazole rings is 1. The molecule has 4 aromatic rings. The van der Waals surface area contributed by atoms with Crippen LogP contribution in [0.4, 0.5) is 11.4 Å². The summed E-state index contributed by atoms with van der Waals surface area (Å²) in [4.78, 5) is 67.9. The van der Waals surface area contributed by atoms with Gasteiger partial charge in [-0.05, 0) is 61.0 Å². The number of carbonyl (C=O) groups is 4. The van der Waals surface area contributed by atoms with E-state index < -0.39 is 45.6 Å². The molecule has 3 aromatic carbocycles. The van der Waals surface area contributed by atoms with Gasteiger partial charge in [0.15, 0.2) is 11.5 Å². The Bertz CT molecular complexity index is 1870. The number of hydrogen-bond donors (Lipinski definition) is 2. The number of aromatic nitrogens is 1. The van der Waals surface area contributed by atoms with E-state index in [2.05, 4.69) is 5.32 Å². The maximum atomic E-state index is 14.1. The maximum absolute atomic E-state index is 14.1. The van der Waals surface area contributed by atoms with Gasteiger partial charge in [-0.2, -0.15) is 0 Å². The number of phenols is 1. The van der Waals surface area contributed by atoms with Gasteiger partial charge in [0.2, 0.25) is 17.7 Å². The fourth-order valence-corrected chi connectivity index (χ4v) is 8.36. The Balaban J connectivity index is 1.40. The van der Waals surface area contributed by atoms with E-state index in [0.717, 1.165) is 28.0 Å². The minimum Gasteiger partial charge on any atom is -0.504 e. The predicted octanol–water partition coefficient (Wildman–Crippen LogP) is 4.24. The van der Waals surface area contributed by atoms with Gasteiger partial charge in [0.1, 0.15) is 11.8 Å². The molecule has 230 valence electrons. The van der Waals surface area contributed by atoms with Crippen molar-refractivity contribution >= 4 is 58.2 Å². The van der Waals surface area contributed by atoms with E-state index in [1.165, 1.54) is 42.0 Å². The number of ether oxygens (including phenoxy) is 2. The molecule has 2 unspecified atom stereocenters. The van der Waals surface area contributed by atoms with E-state index in [9.17, 15) is 29.1 Å². The van der Waals surface area contributed by atoms with E-state index in [1.54, 1.807) is 43.3 Å². The van der Waals surface area contributed by atoms with Crippen molar-refractivity contribution in [2.24, 2.45) is 5.92 Å². The molecule has 2 aliphatic rings. The van der Waals surface area contributed by atoms with E-state index in [4.69, 9.17) is 9.47 Å². The molecule has 11 nitrogen and oxygen atoms in total. The van der Waals surface area contributed by atoms with Crippen molar-refractivity contribution in [2.45, 2.75) is 29.7 Å². The number of aromatic hydroxyl groups is 1. The minimum atomic E-state index is -0.919. The molecular weight excluding hydrogens is 618 g/mol. The first-order valence-corrected chi connectivity index (χ1v) is 15.7. The zero-order valence-corrected chi connectivity index (χ0v) is 25.7. The number of methoxy groups -OCH3 is 1. The molecule has 3 atom stereocenters. The van der Waals surface area contributed by atoms with Crippen molar-refractivity contribution in [3.05, 3.63) is 98.5 Å². The average molecular weight is 646 g/mol. The number of anilines is 2. The first-order valence-electron chi connectivity index (χ1n) is 14.0. The second-order valence-corrected chi connectivity index (χ2v) is 12.4. The molecule has 1 saturated heterocycles. The third kappa shape index (κ3) is 5.49. The summed E-state index contributed by atoms with van der Waals surface area (Å²) in [5, 5.41) is 12.6. The van der Waals surface area contributed by atoms with Crippen LogP contribution in [0.15, 0.2) is 82.6 Å². The molecule has 45 heavy (non-hydrogen) atoms. The molecule has 13 heteroatoms. The first-order chi connectivity index (χ1) is 21.7. The highest BCUT2D eigenvalue weighted by Gasteiger charge is 2.57. The molecule has 0 aliphatic carbocycles. The quantitative estimate of drug-likeness (QED) is 0.212. The molecule has 1 aromatic heterocycles. The van der Waals surface area contributed by atoms with Gasteiger partial charge in [-0.15, -0.1) is 0 Å². The lowest BCUT2D eigenvalue weighted by Gasteiger charge is -2.31. The number of rotatable bonds is 8. The molecule has 0 spiro atoms. The van der Waals surface area contributed by atoms with E-state index in [0.29, 0.717) is 21.2 Å². The number of para-hydroxylation sites is 1. The van der Waals surface area contributed by atoms with Crippen LogP contribution in [0.1, 0.15) is 33.6 Å². The summed E-state index contributed by atoms with van der Waals surface area (Å²) in [6.07, 6.45) is 0. The molecule has 1 fully saturated rings. The number of benzene rings is 3. The summed E-state index contributed by atoms with van der Waals surface area (Å²) >= 11 is 2.00. The molecule has 2 N–H and O–H groups in total. The van der Waals surface area contributed by atoms with Gasteiger partial charge in [-0.25, -0.2) is 9.69 Å². The second-order valence-electron chi connectivity index (χ2n) is 10.3. The molecule has 2 aliphatic heterocycles. The topological polar surface area (TPSA) is 144 Å². The van der Waals surface area contributed by atoms with Crippen LogP contribution in [-0.2, 0) is 25.7 Å². The zero-order valence-electron chi connectivity index (χ0n) is 24.1. The van der Waals surface area contributed by atoms with Gasteiger partial charge in [-0.3, -0.25) is 23.7 Å².